The molecule has 0 rings (SSSR count). The predicted octanol–water partition coefficient (Wildman–Crippen LogP) is 31.2. The van der Waals surface area contributed by atoms with E-state index in [4.69, 9.17) is 66.3 Å². The highest BCUT2D eigenvalue weighted by Gasteiger charge is 2.05. The second kappa shape index (κ2) is 115. The monoisotopic (exact) mass is 1730 g/mol. The maximum atomic E-state index is 5.49. The van der Waals surface area contributed by atoms with Crippen LogP contribution < -0.4 is 0 Å². The Bertz CT molecular complexity index is 1160. The Morgan fingerprint density at radius 1 is 0.108 bits per heavy atom. The number of hydrogen-bond donors (Lipinski definition) is 0. The molecule has 0 amide bonds. The van der Waals surface area contributed by atoms with Crippen molar-refractivity contribution in [2.75, 3.05) is 139 Å². The number of rotatable bonds is 70. The van der Waals surface area contributed by atoms with E-state index in [1.807, 2.05) is 13.8 Å². The van der Waals surface area contributed by atoms with Gasteiger partial charge in [0.25, 0.3) is 0 Å². The SMILES string of the molecule is CC(C)CCCCCOC(C)C.CC(C)CCCCCOC(C)C.CC(C)CCCCOCC(C)C.CC(C)CCCCOCC(C)C.CC(C)CCCOCCC(C)C.CC(C)CCCOCCC(C)C.CC(C)CCOCCOC(C)C.CC(C)COCCCOC(C)C.CC(C)COCCCOC(C)C.CC(C)OCCCCOC(C)C. The van der Waals surface area contributed by atoms with Gasteiger partial charge in [-0.15, -0.1) is 0 Å². The molecule has 0 spiro atoms. The van der Waals surface area contributed by atoms with Gasteiger partial charge in [-0.2, -0.15) is 0 Å². The maximum Gasteiger partial charge on any atom is 0.0703 e. The summed E-state index contributed by atoms with van der Waals surface area (Å²) in [6, 6.07) is 0. The van der Waals surface area contributed by atoms with Crippen LogP contribution >= 0.6 is 0 Å². The Kier molecular flexibility index (Phi) is 133. The second-order valence-electron chi connectivity index (χ2n) is 40.4. The van der Waals surface area contributed by atoms with E-state index >= 15 is 0 Å². The van der Waals surface area contributed by atoms with Crippen LogP contribution in [0.4, 0.5) is 0 Å². The van der Waals surface area contributed by atoms with E-state index < -0.39 is 0 Å². The molecule has 0 N–H and O–H groups in total. The van der Waals surface area contributed by atoms with Crippen molar-refractivity contribution in [3.05, 3.63) is 0 Å². The summed E-state index contributed by atoms with van der Waals surface area (Å²) in [5, 5.41) is 0. The van der Waals surface area contributed by atoms with Crippen molar-refractivity contribution in [3.63, 3.8) is 0 Å². The second-order valence-corrected chi connectivity index (χ2v) is 40.4. The summed E-state index contributed by atoms with van der Waals surface area (Å²) >= 11 is 0. The van der Waals surface area contributed by atoms with Gasteiger partial charge in [0.05, 0.1) is 55.9 Å². The van der Waals surface area contributed by atoms with E-state index in [-0.39, 0.29) is 0 Å². The van der Waals surface area contributed by atoms with Crippen molar-refractivity contribution < 1.29 is 66.3 Å². The summed E-state index contributed by atoms with van der Waals surface area (Å²) < 4.78 is 75.9. The highest BCUT2D eigenvalue weighted by molar-refractivity contribution is 4.55. The third-order valence-electron chi connectivity index (χ3n) is 16.7. The molecule has 0 fully saturated rings. The lowest BCUT2D eigenvalue weighted by Gasteiger charge is -2.08. The fourth-order valence-electron chi connectivity index (χ4n) is 9.69. The van der Waals surface area contributed by atoms with Gasteiger partial charge in [-0.05, 0) is 270 Å². The van der Waals surface area contributed by atoms with Gasteiger partial charge in [-0.25, -0.2) is 0 Å². The first-order chi connectivity index (χ1) is 56.3. The highest BCUT2D eigenvalue weighted by atomic mass is 16.5. The molecule has 0 aliphatic heterocycles. The van der Waals surface area contributed by atoms with Crippen molar-refractivity contribution >= 4 is 0 Å². The first-order valence-corrected chi connectivity index (χ1v) is 50.6. The molecule has 0 saturated carbocycles. The van der Waals surface area contributed by atoms with Crippen LogP contribution in [0.25, 0.3) is 0 Å². The van der Waals surface area contributed by atoms with Crippen LogP contribution in [0.15, 0.2) is 0 Å². The Morgan fingerprint density at radius 2 is 0.267 bits per heavy atom. The molecule has 0 heterocycles. The van der Waals surface area contributed by atoms with Gasteiger partial charge in [0.15, 0.2) is 0 Å². The van der Waals surface area contributed by atoms with Crippen LogP contribution in [0.2, 0.25) is 0 Å². The number of hydrogen-bond acceptors (Lipinski definition) is 14. The van der Waals surface area contributed by atoms with Gasteiger partial charge in [0.2, 0.25) is 0 Å². The van der Waals surface area contributed by atoms with E-state index in [0.717, 1.165) is 224 Å². The van der Waals surface area contributed by atoms with Gasteiger partial charge in [-0.3, -0.25) is 0 Å². The van der Waals surface area contributed by atoms with Crippen LogP contribution in [0.5, 0.6) is 0 Å². The molecule has 0 radical (unpaired) electrons. The topological polar surface area (TPSA) is 129 Å². The normalized spacial score (nSPS) is 11.5. The molecule has 0 bridgehead atoms. The molecule has 0 aliphatic carbocycles. The Balaban J connectivity index is -0.000000140. The minimum atomic E-state index is 0.318. The lowest BCUT2D eigenvalue weighted by molar-refractivity contribution is 0.0171. The predicted molar refractivity (Wildman–Crippen MR) is 532 cm³/mol. The van der Waals surface area contributed by atoms with E-state index in [1.165, 1.54) is 128 Å². The minimum Gasteiger partial charge on any atom is -0.381 e. The summed E-state index contributed by atoms with van der Waals surface area (Å²) in [6.07, 6.45) is 33.6. The molecule has 0 saturated heterocycles. The van der Waals surface area contributed by atoms with Gasteiger partial charge in [-0.1, -0.05) is 244 Å². The zero-order chi connectivity index (χ0) is 94.0. The first kappa shape index (κ1) is 140. The van der Waals surface area contributed by atoms with Gasteiger partial charge >= 0.3 is 0 Å². The third kappa shape index (κ3) is 199. The third-order valence-corrected chi connectivity index (χ3v) is 16.7. The molecule has 0 aliphatic rings. The molecule has 740 valence electrons. The van der Waals surface area contributed by atoms with Gasteiger partial charge in [0.1, 0.15) is 0 Å². The van der Waals surface area contributed by atoms with E-state index in [9.17, 15) is 0 Å². The highest BCUT2D eigenvalue weighted by Crippen LogP contribution is 2.13. The van der Waals surface area contributed by atoms with Gasteiger partial charge in [0, 0.05) is 126 Å². The molecule has 14 nitrogen and oxygen atoms in total. The molecule has 120 heavy (non-hydrogen) atoms. The van der Waals surface area contributed by atoms with Crippen LogP contribution in [-0.4, -0.2) is 181 Å². The van der Waals surface area contributed by atoms with Crippen molar-refractivity contribution in [1.29, 1.82) is 0 Å². The summed E-state index contributed by atoms with van der Waals surface area (Å²) in [5.74, 6) is 9.94. The summed E-state index contributed by atoms with van der Waals surface area (Å²) in [7, 11) is 0. The standard InChI is InChI=1S/6C11H24O.4C10H22O2/c2*1-10(2)6-5-8-12-9-7-11(3)4;2*1-10(2)7-5-6-8-12-9-11(3)4;2*1-10(2)8-6-5-7-9-12-11(3)4;1-9(2)5-6-11-7-8-12-10(3)4;2*1-9(2)8-11-6-5-7-12-10(3)4;1-9(2)11-7-5-6-8-12-10(3)4/h6*10-11H,5-9H2,1-4H3;4*9-10H,5-8H2,1-4H3. The first-order valence-electron chi connectivity index (χ1n) is 50.6. The van der Waals surface area contributed by atoms with Crippen molar-refractivity contribution in [2.24, 2.45) is 76.9 Å². The minimum absolute atomic E-state index is 0.318. The number of ether oxygens (including phenoxy) is 14. The Labute approximate surface area is 758 Å². The number of unbranched alkanes of at least 4 members (excludes halogenated alkanes) is 7. The van der Waals surface area contributed by atoms with Crippen LogP contribution in [0.1, 0.15) is 437 Å². The molecule has 0 aromatic rings. The lowest BCUT2D eigenvalue weighted by Crippen LogP contribution is -2.10. The fourth-order valence-corrected chi connectivity index (χ4v) is 9.69. The Morgan fingerprint density at radius 3 is 0.475 bits per heavy atom. The molecule has 0 aromatic heterocycles. The average Bonchev–Trinajstić information content (AvgIpc) is 1.14. The van der Waals surface area contributed by atoms with Crippen molar-refractivity contribution in [2.45, 2.75) is 480 Å². The van der Waals surface area contributed by atoms with Crippen LogP contribution in [0, 0.1) is 76.9 Å². The van der Waals surface area contributed by atoms with Crippen molar-refractivity contribution in [1.82, 2.24) is 0 Å². The van der Waals surface area contributed by atoms with E-state index in [2.05, 4.69) is 263 Å². The molecule has 14 heteroatoms. The summed E-state index contributed by atoms with van der Waals surface area (Å²) in [4.78, 5) is 0. The van der Waals surface area contributed by atoms with Crippen LogP contribution in [0.3, 0.4) is 0 Å². The quantitative estimate of drug-likeness (QED) is 0.0536. The molecule has 0 atom stereocenters. The van der Waals surface area contributed by atoms with E-state index in [1.54, 1.807) is 0 Å². The molecular formula is C106H232O14. The van der Waals surface area contributed by atoms with Gasteiger partial charge < -0.3 is 66.3 Å². The molecular weight excluding hydrogens is 1500 g/mol. The zero-order valence-corrected chi connectivity index (χ0v) is 89.8. The largest absolute Gasteiger partial charge is 0.381 e. The molecule has 0 unspecified atom stereocenters. The van der Waals surface area contributed by atoms with Crippen molar-refractivity contribution in [3.8, 4) is 0 Å². The average molecular weight is 1730 g/mol. The molecule has 0 aromatic carbocycles. The summed E-state index contributed by atoms with van der Waals surface area (Å²) in [5.41, 5.74) is 0. The zero-order valence-electron chi connectivity index (χ0n) is 89.8. The Hall–Kier alpha value is -0.560. The van der Waals surface area contributed by atoms with Crippen LogP contribution in [-0.2, 0) is 66.3 Å². The maximum absolute atomic E-state index is 5.49. The smallest absolute Gasteiger partial charge is 0.0703 e. The van der Waals surface area contributed by atoms with E-state index in [0.29, 0.717) is 66.4 Å². The summed E-state index contributed by atoms with van der Waals surface area (Å²) in [6.45, 7) is 105. The fraction of sp³-hybridized carbons (Fsp3) is 1.00. The lowest BCUT2D eigenvalue weighted by atomic mass is 10.1.